The number of oxazole rings is 1. The van der Waals surface area contributed by atoms with Gasteiger partial charge in [0.05, 0.1) is 16.8 Å². The Labute approximate surface area is 123 Å². The Kier molecular flexibility index (Phi) is 2.47. The standard InChI is InChI=1S/C16H11N3O3/c17-11-5-2-6-12-14(11)22-16(21)19(12)15(20)10-4-1-3-9-7-8-18-13(9)10/h1-8,18H,17H2. The molecule has 22 heavy (non-hydrogen) atoms. The lowest BCUT2D eigenvalue weighted by Gasteiger charge is -2.03. The molecule has 6 nitrogen and oxygen atoms in total. The minimum atomic E-state index is -0.749. The van der Waals surface area contributed by atoms with Crippen LogP contribution in [0, 0.1) is 0 Å². The number of fused-ring (bicyclic) bond motifs is 2. The smallest absolute Gasteiger partial charge is 0.405 e. The number of nitrogens with two attached hydrogens (primary N) is 1. The van der Waals surface area contributed by atoms with E-state index in [2.05, 4.69) is 4.98 Å². The van der Waals surface area contributed by atoms with Crippen LogP contribution in [0.15, 0.2) is 57.9 Å². The lowest BCUT2D eigenvalue weighted by atomic mass is 10.1. The number of anilines is 1. The van der Waals surface area contributed by atoms with Crippen molar-refractivity contribution in [3.05, 3.63) is 64.8 Å². The number of benzene rings is 2. The SMILES string of the molecule is Nc1cccc2c1oc(=O)n2C(=O)c1cccc2cc[nH]c12. The molecule has 108 valence electrons. The molecule has 4 rings (SSSR count). The van der Waals surface area contributed by atoms with Crippen LogP contribution < -0.4 is 11.5 Å². The maximum atomic E-state index is 12.8. The van der Waals surface area contributed by atoms with Gasteiger partial charge in [-0.05, 0) is 24.3 Å². The molecular weight excluding hydrogens is 282 g/mol. The summed E-state index contributed by atoms with van der Waals surface area (Å²) in [6.45, 7) is 0. The average Bonchev–Trinajstić information content (AvgIpc) is 3.10. The summed E-state index contributed by atoms with van der Waals surface area (Å²) in [7, 11) is 0. The van der Waals surface area contributed by atoms with E-state index in [1.165, 1.54) is 0 Å². The van der Waals surface area contributed by atoms with Crippen LogP contribution in [0.2, 0.25) is 0 Å². The topological polar surface area (TPSA) is 94.0 Å². The number of nitrogens with one attached hydrogen (secondary N) is 1. The number of hydrogen-bond acceptors (Lipinski definition) is 4. The molecule has 0 radical (unpaired) electrons. The van der Waals surface area contributed by atoms with Gasteiger partial charge in [0, 0.05) is 11.6 Å². The van der Waals surface area contributed by atoms with Crippen molar-refractivity contribution in [1.82, 2.24) is 9.55 Å². The van der Waals surface area contributed by atoms with Gasteiger partial charge in [-0.3, -0.25) is 4.79 Å². The third-order valence-corrected chi connectivity index (χ3v) is 3.66. The summed E-state index contributed by atoms with van der Waals surface area (Å²) in [4.78, 5) is 27.9. The van der Waals surface area contributed by atoms with Crippen LogP contribution in [0.25, 0.3) is 22.0 Å². The summed E-state index contributed by atoms with van der Waals surface area (Å²) in [5.41, 5.74) is 7.76. The molecule has 0 aliphatic carbocycles. The van der Waals surface area contributed by atoms with Crippen molar-refractivity contribution in [3.63, 3.8) is 0 Å². The van der Waals surface area contributed by atoms with Crippen molar-refractivity contribution in [2.24, 2.45) is 0 Å². The molecule has 0 amide bonds. The van der Waals surface area contributed by atoms with Crippen LogP contribution in [0.1, 0.15) is 10.4 Å². The van der Waals surface area contributed by atoms with Gasteiger partial charge in [-0.25, -0.2) is 9.36 Å². The fourth-order valence-corrected chi connectivity index (χ4v) is 2.64. The van der Waals surface area contributed by atoms with E-state index in [4.69, 9.17) is 10.2 Å². The van der Waals surface area contributed by atoms with Gasteiger partial charge < -0.3 is 15.1 Å². The number of para-hydroxylation sites is 2. The van der Waals surface area contributed by atoms with E-state index in [0.717, 1.165) is 9.95 Å². The minimum Gasteiger partial charge on any atom is -0.405 e. The number of hydrogen-bond donors (Lipinski definition) is 2. The largest absolute Gasteiger partial charge is 0.427 e. The summed E-state index contributed by atoms with van der Waals surface area (Å²) < 4.78 is 6.12. The zero-order valence-electron chi connectivity index (χ0n) is 11.4. The van der Waals surface area contributed by atoms with E-state index >= 15 is 0 Å². The molecule has 0 bridgehead atoms. The van der Waals surface area contributed by atoms with Gasteiger partial charge in [0.2, 0.25) is 0 Å². The predicted molar refractivity (Wildman–Crippen MR) is 82.9 cm³/mol. The maximum absolute atomic E-state index is 12.8. The monoisotopic (exact) mass is 293 g/mol. The van der Waals surface area contributed by atoms with Crippen LogP contribution in [0.3, 0.4) is 0 Å². The number of carbonyl (C=O) groups is 1. The van der Waals surface area contributed by atoms with Gasteiger partial charge in [0.15, 0.2) is 5.58 Å². The summed E-state index contributed by atoms with van der Waals surface area (Å²) in [6.07, 6.45) is 1.75. The Morgan fingerprint density at radius 1 is 1.14 bits per heavy atom. The lowest BCUT2D eigenvalue weighted by molar-refractivity contribution is 0.0958. The molecule has 0 aliphatic rings. The summed E-state index contributed by atoms with van der Waals surface area (Å²) in [5, 5.41) is 0.895. The van der Waals surface area contributed by atoms with E-state index < -0.39 is 11.7 Å². The first-order valence-corrected chi connectivity index (χ1v) is 6.67. The van der Waals surface area contributed by atoms with Crippen molar-refractivity contribution < 1.29 is 9.21 Å². The first-order chi connectivity index (χ1) is 10.7. The van der Waals surface area contributed by atoms with Crippen LogP contribution in [-0.4, -0.2) is 15.5 Å². The second-order valence-electron chi connectivity index (χ2n) is 4.95. The molecule has 3 N–H and O–H groups in total. The number of nitrogens with zero attached hydrogens (tertiary/aromatic N) is 1. The Morgan fingerprint density at radius 2 is 1.95 bits per heavy atom. The summed E-state index contributed by atoms with van der Waals surface area (Å²) in [5.74, 6) is -1.20. The summed E-state index contributed by atoms with van der Waals surface area (Å²) >= 11 is 0. The third-order valence-electron chi connectivity index (χ3n) is 3.66. The number of aromatic amines is 1. The fraction of sp³-hybridized carbons (Fsp3) is 0. The Hall–Kier alpha value is -3.28. The van der Waals surface area contributed by atoms with E-state index in [1.54, 1.807) is 36.5 Å². The van der Waals surface area contributed by atoms with Gasteiger partial charge >= 0.3 is 5.76 Å². The van der Waals surface area contributed by atoms with E-state index in [1.807, 2.05) is 12.1 Å². The van der Waals surface area contributed by atoms with E-state index in [0.29, 0.717) is 22.3 Å². The van der Waals surface area contributed by atoms with Crippen LogP contribution >= 0.6 is 0 Å². The molecule has 0 aliphatic heterocycles. The Morgan fingerprint density at radius 3 is 2.82 bits per heavy atom. The Bertz CT molecular complexity index is 1080. The van der Waals surface area contributed by atoms with Crippen molar-refractivity contribution in [3.8, 4) is 0 Å². The van der Waals surface area contributed by atoms with Gasteiger partial charge in [0.1, 0.15) is 5.52 Å². The highest BCUT2D eigenvalue weighted by atomic mass is 16.4. The number of carbonyl (C=O) groups excluding carboxylic acids is 1. The predicted octanol–water partition coefficient (Wildman–Crippen LogP) is 2.35. The highest BCUT2D eigenvalue weighted by molar-refractivity contribution is 6.09. The highest BCUT2D eigenvalue weighted by Gasteiger charge is 2.20. The minimum absolute atomic E-state index is 0.222. The summed E-state index contributed by atoms with van der Waals surface area (Å²) in [6, 6.07) is 12.1. The van der Waals surface area contributed by atoms with E-state index in [9.17, 15) is 9.59 Å². The average molecular weight is 293 g/mol. The number of H-pyrrole nitrogens is 1. The van der Waals surface area contributed by atoms with Gasteiger partial charge in [-0.1, -0.05) is 18.2 Å². The first kappa shape index (κ1) is 12.5. The highest BCUT2D eigenvalue weighted by Crippen LogP contribution is 2.22. The van der Waals surface area contributed by atoms with Gasteiger partial charge in [-0.2, -0.15) is 0 Å². The van der Waals surface area contributed by atoms with Crippen molar-refractivity contribution >= 4 is 33.6 Å². The lowest BCUT2D eigenvalue weighted by Crippen LogP contribution is -2.23. The third kappa shape index (κ3) is 1.61. The zero-order valence-corrected chi connectivity index (χ0v) is 11.4. The molecular formula is C16H11N3O3. The second-order valence-corrected chi connectivity index (χ2v) is 4.95. The molecule has 2 heterocycles. The molecule has 0 fully saturated rings. The molecule has 0 unspecified atom stereocenters. The normalized spacial score (nSPS) is 11.3. The molecule has 6 heteroatoms. The molecule has 0 saturated carbocycles. The van der Waals surface area contributed by atoms with Crippen LogP contribution in [0.5, 0.6) is 0 Å². The van der Waals surface area contributed by atoms with Crippen molar-refractivity contribution in [2.45, 2.75) is 0 Å². The van der Waals surface area contributed by atoms with Crippen LogP contribution in [0.4, 0.5) is 5.69 Å². The van der Waals surface area contributed by atoms with Gasteiger partial charge in [0.25, 0.3) is 5.91 Å². The number of rotatable bonds is 1. The second kappa shape index (κ2) is 4.36. The molecule has 0 spiro atoms. The van der Waals surface area contributed by atoms with Gasteiger partial charge in [-0.15, -0.1) is 0 Å². The maximum Gasteiger partial charge on any atom is 0.427 e. The fourth-order valence-electron chi connectivity index (χ4n) is 2.64. The number of aromatic nitrogens is 2. The number of nitrogen functional groups attached to an aromatic ring is 1. The molecule has 2 aromatic carbocycles. The molecule has 4 aromatic rings. The first-order valence-electron chi connectivity index (χ1n) is 6.67. The van der Waals surface area contributed by atoms with Crippen molar-refractivity contribution in [1.29, 1.82) is 0 Å². The van der Waals surface area contributed by atoms with E-state index in [-0.39, 0.29) is 5.58 Å². The molecule has 0 atom stereocenters. The molecule has 0 saturated heterocycles. The quantitative estimate of drug-likeness (QED) is 0.527. The molecule has 2 aromatic heterocycles. The zero-order chi connectivity index (χ0) is 15.3. The van der Waals surface area contributed by atoms with Crippen molar-refractivity contribution in [2.75, 3.05) is 5.73 Å². The van der Waals surface area contributed by atoms with Crippen LogP contribution in [-0.2, 0) is 0 Å². The Balaban J connectivity index is 2.02.